The molecule has 0 aliphatic heterocycles. The van der Waals surface area contributed by atoms with Gasteiger partial charge in [0, 0.05) is 6.61 Å². The highest BCUT2D eigenvalue weighted by molar-refractivity contribution is 6.48. The molecule has 0 saturated heterocycles. The lowest BCUT2D eigenvalue weighted by molar-refractivity contribution is 0.0980. The number of hydrogen-bond donors (Lipinski definition) is 0. The fourth-order valence-corrected chi connectivity index (χ4v) is 1.26. The Morgan fingerprint density at radius 2 is 1.82 bits per heavy atom. The van der Waals surface area contributed by atoms with Gasteiger partial charge in [-0.15, -0.1) is 0 Å². The Morgan fingerprint density at radius 3 is 2.36 bits per heavy atom. The first-order chi connectivity index (χ1) is 5.27. The Balaban J connectivity index is 2.80. The summed E-state index contributed by atoms with van der Waals surface area (Å²) in [5.41, 5.74) is 0. The highest BCUT2D eigenvalue weighted by Gasteiger charge is 1.93. The van der Waals surface area contributed by atoms with E-state index in [1.165, 1.54) is 12.8 Å². The molecule has 0 aromatic rings. The van der Waals surface area contributed by atoms with Crippen LogP contribution in [0.3, 0.4) is 0 Å². The highest BCUT2D eigenvalue weighted by Crippen LogP contribution is 1.88. The third kappa shape index (κ3) is 10.1. The van der Waals surface area contributed by atoms with Crippen LogP contribution in [0.5, 0.6) is 0 Å². The Bertz CT molecular complexity index is 76.5. The maximum Gasteiger partial charge on any atom is 0.171 e. The highest BCUT2D eigenvalue weighted by atomic mass is 28.3. The zero-order chi connectivity index (χ0) is 8.53. The molecule has 68 valence electrons. The Morgan fingerprint density at radius 1 is 1.09 bits per heavy atom. The van der Waals surface area contributed by atoms with Crippen LogP contribution in [-0.4, -0.2) is 28.9 Å². The van der Waals surface area contributed by atoms with E-state index in [2.05, 4.69) is 20.0 Å². The molecule has 0 saturated carbocycles. The second-order valence-electron chi connectivity index (χ2n) is 2.89. The molecule has 3 heteroatoms. The summed E-state index contributed by atoms with van der Waals surface area (Å²) in [5.74, 6) is 0. The summed E-state index contributed by atoms with van der Waals surface area (Å²) in [4.78, 5) is 0. The van der Waals surface area contributed by atoms with Gasteiger partial charge in [-0.25, -0.2) is 0 Å². The first-order valence-corrected chi connectivity index (χ1v) is 7.24. The van der Waals surface area contributed by atoms with E-state index in [1.807, 2.05) is 0 Å². The molecule has 0 aliphatic rings. The summed E-state index contributed by atoms with van der Waals surface area (Å²) in [7, 11) is -0.809. The third-order valence-electron chi connectivity index (χ3n) is 1.32. The van der Waals surface area contributed by atoms with Crippen molar-refractivity contribution in [1.82, 2.24) is 0 Å². The molecule has 2 nitrogen and oxygen atoms in total. The van der Waals surface area contributed by atoms with Crippen LogP contribution < -0.4 is 0 Å². The normalized spacial score (nSPS) is 10.9. The number of ether oxygens (including phenoxy) is 1. The van der Waals surface area contributed by atoms with Crippen LogP contribution in [0.2, 0.25) is 13.1 Å². The van der Waals surface area contributed by atoms with Crippen molar-refractivity contribution in [3.63, 3.8) is 0 Å². The lowest BCUT2D eigenvalue weighted by atomic mass is 10.4. The Labute approximate surface area is 71.6 Å². The summed E-state index contributed by atoms with van der Waals surface area (Å²) in [6.45, 7) is 8.96. The summed E-state index contributed by atoms with van der Waals surface area (Å²) in [6.07, 6.45) is 2.37. The summed E-state index contributed by atoms with van der Waals surface area (Å²) in [5, 5.41) is 0. The fraction of sp³-hybridized carbons (Fsp3) is 1.00. The van der Waals surface area contributed by atoms with Crippen LogP contribution in [0.15, 0.2) is 0 Å². The van der Waals surface area contributed by atoms with Crippen molar-refractivity contribution in [2.45, 2.75) is 32.9 Å². The van der Waals surface area contributed by atoms with Crippen molar-refractivity contribution in [1.29, 1.82) is 0 Å². The molecule has 0 N–H and O–H groups in total. The average Bonchev–Trinajstić information content (AvgIpc) is 1.96. The minimum absolute atomic E-state index is 0.769. The molecular weight excluding hydrogens is 156 g/mol. The maximum absolute atomic E-state index is 5.44. The summed E-state index contributed by atoms with van der Waals surface area (Å²) < 4.78 is 10.8. The van der Waals surface area contributed by atoms with Gasteiger partial charge in [0.1, 0.15) is 0 Å². The molecule has 0 aromatic carbocycles. The van der Waals surface area contributed by atoms with Gasteiger partial charge >= 0.3 is 0 Å². The van der Waals surface area contributed by atoms with Crippen LogP contribution in [0.4, 0.5) is 0 Å². The van der Waals surface area contributed by atoms with Gasteiger partial charge < -0.3 is 9.16 Å². The van der Waals surface area contributed by atoms with E-state index in [1.54, 1.807) is 0 Å². The van der Waals surface area contributed by atoms with Crippen molar-refractivity contribution in [2.75, 3.05) is 19.8 Å². The van der Waals surface area contributed by atoms with E-state index >= 15 is 0 Å². The second-order valence-corrected chi connectivity index (χ2v) is 5.32. The second kappa shape index (κ2) is 8.24. The standard InChI is InChI=1S/C8H20O2Si/c1-4-5-6-9-7-8-10-11(2)3/h11H,4-8H2,1-3H3. The lowest BCUT2D eigenvalue weighted by Gasteiger charge is -2.06. The van der Waals surface area contributed by atoms with Gasteiger partial charge in [-0.05, 0) is 19.5 Å². The van der Waals surface area contributed by atoms with Gasteiger partial charge in [-0.1, -0.05) is 13.3 Å². The van der Waals surface area contributed by atoms with Crippen molar-refractivity contribution in [3.05, 3.63) is 0 Å². The zero-order valence-corrected chi connectivity index (χ0v) is 9.08. The molecule has 0 fully saturated rings. The van der Waals surface area contributed by atoms with Crippen molar-refractivity contribution in [2.24, 2.45) is 0 Å². The van der Waals surface area contributed by atoms with Gasteiger partial charge in [0.15, 0.2) is 9.04 Å². The fourth-order valence-electron chi connectivity index (χ4n) is 0.691. The average molecular weight is 176 g/mol. The maximum atomic E-state index is 5.44. The molecule has 0 unspecified atom stereocenters. The van der Waals surface area contributed by atoms with Gasteiger partial charge in [0.2, 0.25) is 0 Å². The van der Waals surface area contributed by atoms with Crippen LogP contribution >= 0.6 is 0 Å². The number of unbranched alkanes of at least 4 members (excludes halogenated alkanes) is 1. The van der Waals surface area contributed by atoms with Crippen LogP contribution in [-0.2, 0) is 9.16 Å². The molecule has 0 amide bonds. The largest absolute Gasteiger partial charge is 0.418 e. The van der Waals surface area contributed by atoms with Crippen LogP contribution in [0.25, 0.3) is 0 Å². The van der Waals surface area contributed by atoms with E-state index in [0.29, 0.717) is 0 Å². The van der Waals surface area contributed by atoms with Gasteiger partial charge in [-0.2, -0.15) is 0 Å². The van der Waals surface area contributed by atoms with Gasteiger partial charge in [0.05, 0.1) is 13.2 Å². The van der Waals surface area contributed by atoms with E-state index in [-0.39, 0.29) is 0 Å². The van der Waals surface area contributed by atoms with E-state index in [4.69, 9.17) is 9.16 Å². The Hall–Kier alpha value is 0.137. The van der Waals surface area contributed by atoms with E-state index in [0.717, 1.165) is 19.8 Å². The van der Waals surface area contributed by atoms with Crippen molar-refractivity contribution < 1.29 is 9.16 Å². The lowest BCUT2D eigenvalue weighted by Crippen LogP contribution is -2.13. The van der Waals surface area contributed by atoms with E-state index in [9.17, 15) is 0 Å². The van der Waals surface area contributed by atoms with Crippen LogP contribution in [0, 0.1) is 0 Å². The topological polar surface area (TPSA) is 18.5 Å². The molecule has 11 heavy (non-hydrogen) atoms. The first kappa shape index (κ1) is 11.1. The molecular formula is C8H20O2Si. The molecule has 0 aliphatic carbocycles. The third-order valence-corrected chi connectivity index (χ3v) is 2.22. The molecule has 0 radical (unpaired) electrons. The minimum atomic E-state index is -0.809. The minimum Gasteiger partial charge on any atom is -0.418 e. The number of hydrogen-bond acceptors (Lipinski definition) is 2. The molecule has 0 bridgehead atoms. The molecule has 0 heterocycles. The Kier molecular flexibility index (Phi) is 8.34. The van der Waals surface area contributed by atoms with Gasteiger partial charge in [-0.3, -0.25) is 0 Å². The van der Waals surface area contributed by atoms with Crippen molar-refractivity contribution >= 4 is 9.04 Å². The SMILES string of the molecule is CCCCOCCO[SiH](C)C. The molecule has 0 rings (SSSR count). The smallest absolute Gasteiger partial charge is 0.171 e. The zero-order valence-electron chi connectivity index (χ0n) is 7.93. The quantitative estimate of drug-likeness (QED) is 0.435. The van der Waals surface area contributed by atoms with E-state index < -0.39 is 9.04 Å². The predicted octanol–water partition coefficient (Wildman–Crippen LogP) is 1.80. The summed E-state index contributed by atoms with van der Waals surface area (Å²) >= 11 is 0. The summed E-state index contributed by atoms with van der Waals surface area (Å²) in [6, 6.07) is 0. The monoisotopic (exact) mass is 176 g/mol. The first-order valence-electron chi connectivity index (χ1n) is 4.46. The molecule has 0 spiro atoms. The number of rotatable bonds is 7. The molecule has 0 atom stereocenters. The van der Waals surface area contributed by atoms with Gasteiger partial charge in [0.25, 0.3) is 0 Å². The molecule has 0 aromatic heterocycles. The predicted molar refractivity (Wildman–Crippen MR) is 50.6 cm³/mol. The van der Waals surface area contributed by atoms with Crippen molar-refractivity contribution in [3.8, 4) is 0 Å². The van der Waals surface area contributed by atoms with Crippen LogP contribution in [0.1, 0.15) is 19.8 Å².